The van der Waals surface area contributed by atoms with E-state index in [0.29, 0.717) is 5.69 Å². The largest absolute Gasteiger partial charge is 0.486 e. The lowest BCUT2D eigenvalue weighted by atomic mass is 10.1. The molecule has 1 aliphatic rings. The predicted octanol–water partition coefficient (Wildman–Crippen LogP) is 2.03. The average Bonchev–Trinajstić information content (AvgIpc) is 2.14. The third-order valence-electron chi connectivity index (χ3n) is 2.29. The van der Waals surface area contributed by atoms with Crippen molar-refractivity contribution in [3.05, 3.63) is 11.6 Å². The Kier molecular flexibility index (Phi) is 2.23. The van der Waals surface area contributed by atoms with E-state index >= 15 is 0 Å². The van der Waals surface area contributed by atoms with Gasteiger partial charge in [0.05, 0.1) is 16.3 Å². The van der Waals surface area contributed by atoms with Crippen LogP contribution in [0.25, 0.3) is 0 Å². The summed E-state index contributed by atoms with van der Waals surface area (Å²) in [6.07, 6.45) is 0.205. The summed E-state index contributed by atoms with van der Waals surface area (Å²) in [5.74, 6) is 1.69. The Morgan fingerprint density at radius 3 is 2.93 bits per heavy atom. The minimum Gasteiger partial charge on any atom is -0.486 e. The number of benzene rings is 1. The summed E-state index contributed by atoms with van der Waals surface area (Å²) in [5, 5.41) is 0. The fourth-order valence-corrected chi connectivity index (χ4v) is 2.59. The van der Waals surface area contributed by atoms with Crippen LogP contribution in [0.15, 0.2) is 11.0 Å². The molecule has 4 heteroatoms. The summed E-state index contributed by atoms with van der Waals surface area (Å²) >= 11 is 1.72. The summed E-state index contributed by atoms with van der Waals surface area (Å²) in [4.78, 5) is 1.00. The predicted molar refractivity (Wildman–Crippen MR) is 60.8 cm³/mol. The van der Waals surface area contributed by atoms with Gasteiger partial charge in [-0.05, 0) is 25.5 Å². The van der Waals surface area contributed by atoms with Crippen molar-refractivity contribution < 1.29 is 4.74 Å². The van der Waals surface area contributed by atoms with Crippen LogP contribution >= 0.6 is 11.8 Å². The zero-order chi connectivity index (χ0) is 10.3. The van der Waals surface area contributed by atoms with Crippen molar-refractivity contribution in [3.8, 4) is 5.75 Å². The third kappa shape index (κ3) is 1.39. The molecule has 1 aromatic carbocycles. The number of hydrogen-bond acceptors (Lipinski definition) is 4. The Morgan fingerprint density at radius 1 is 1.50 bits per heavy atom. The van der Waals surface area contributed by atoms with Crippen LogP contribution in [0.1, 0.15) is 12.5 Å². The van der Waals surface area contributed by atoms with Gasteiger partial charge in [0.25, 0.3) is 0 Å². The molecule has 0 spiro atoms. The first-order chi connectivity index (χ1) is 6.59. The molecule has 0 radical (unpaired) electrons. The van der Waals surface area contributed by atoms with Gasteiger partial charge in [-0.1, -0.05) is 0 Å². The highest BCUT2D eigenvalue weighted by molar-refractivity contribution is 7.99. The number of anilines is 2. The molecule has 4 N–H and O–H groups in total. The molecule has 1 unspecified atom stereocenters. The van der Waals surface area contributed by atoms with Gasteiger partial charge in [0.2, 0.25) is 0 Å². The van der Waals surface area contributed by atoms with Crippen molar-refractivity contribution in [2.24, 2.45) is 0 Å². The molecule has 0 saturated heterocycles. The maximum Gasteiger partial charge on any atom is 0.158 e. The second kappa shape index (κ2) is 3.28. The Morgan fingerprint density at radius 2 is 2.21 bits per heavy atom. The number of thioether (sulfide) groups is 1. The third-order valence-corrected chi connectivity index (χ3v) is 3.62. The first-order valence-electron chi connectivity index (χ1n) is 4.57. The zero-order valence-corrected chi connectivity index (χ0v) is 9.15. The van der Waals surface area contributed by atoms with Crippen molar-refractivity contribution in [1.29, 1.82) is 0 Å². The van der Waals surface area contributed by atoms with Crippen molar-refractivity contribution in [2.75, 3.05) is 17.2 Å². The first kappa shape index (κ1) is 9.52. The van der Waals surface area contributed by atoms with Crippen LogP contribution in [0.5, 0.6) is 5.75 Å². The number of aryl methyl sites for hydroxylation is 1. The molecular weight excluding hydrogens is 196 g/mol. The Hall–Kier alpha value is -1.03. The number of fused-ring (bicyclic) bond motifs is 1. The Labute approximate surface area is 87.8 Å². The van der Waals surface area contributed by atoms with E-state index in [1.54, 1.807) is 11.8 Å². The van der Waals surface area contributed by atoms with Crippen LogP contribution in [0.3, 0.4) is 0 Å². The number of nitrogen functional groups attached to an aromatic ring is 2. The standard InChI is InChI=1S/C10H14N2OS/c1-5-3-7(11)9-10(8(5)12)14-4-6(2)13-9/h3,6H,4,11-12H2,1-2H3. The molecule has 0 bridgehead atoms. The maximum atomic E-state index is 5.96. The van der Waals surface area contributed by atoms with Crippen molar-refractivity contribution in [3.63, 3.8) is 0 Å². The number of ether oxygens (including phenoxy) is 1. The van der Waals surface area contributed by atoms with Gasteiger partial charge in [-0.15, -0.1) is 11.8 Å². The van der Waals surface area contributed by atoms with Crippen molar-refractivity contribution in [2.45, 2.75) is 24.8 Å². The summed E-state index contributed by atoms with van der Waals surface area (Å²) in [6.45, 7) is 4.00. The van der Waals surface area contributed by atoms with Gasteiger partial charge < -0.3 is 16.2 Å². The molecule has 3 nitrogen and oxygen atoms in total. The van der Waals surface area contributed by atoms with E-state index in [9.17, 15) is 0 Å². The first-order valence-corrected chi connectivity index (χ1v) is 5.56. The molecule has 0 aromatic heterocycles. The van der Waals surface area contributed by atoms with E-state index in [0.717, 1.165) is 27.6 Å². The summed E-state index contributed by atoms with van der Waals surface area (Å²) in [7, 11) is 0. The van der Waals surface area contributed by atoms with Crippen LogP contribution in [0, 0.1) is 6.92 Å². The van der Waals surface area contributed by atoms with E-state index in [1.165, 1.54) is 0 Å². The maximum absolute atomic E-state index is 5.96. The van der Waals surface area contributed by atoms with Crippen LogP contribution in [0.2, 0.25) is 0 Å². The smallest absolute Gasteiger partial charge is 0.158 e. The lowest BCUT2D eigenvalue weighted by molar-refractivity contribution is 0.237. The van der Waals surface area contributed by atoms with Gasteiger partial charge >= 0.3 is 0 Å². The molecule has 0 amide bonds. The fraction of sp³-hybridized carbons (Fsp3) is 0.400. The topological polar surface area (TPSA) is 61.3 Å². The van der Waals surface area contributed by atoms with Gasteiger partial charge in [-0.2, -0.15) is 0 Å². The zero-order valence-electron chi connectivity index (χ0n) is 8.33. The highest BCUT2D eigenvalue weighted by Gasteiger charge is 2.22. The van der Waals surface area contributed by atoms with E-state index < -0.39 is 0 Å². The summed E-state index contributed by atoms with van der Waals surface area (Å²) < 4.78 is 5.67. The van der Waals surface area contributed by atoms with Crippen molar-refractivity contribution >= 4 is 23.1 Å². The summed E-state index contributed by atoms with van der Waals surface area (Å²) in [6, 6.07) is 1.87. The quantitative estimate of drug-likeness (QED) is 0.643. The van der Waals surface area contributed by atoms with Gasteiger partial charge in [0.1, 0.15) is 6.10 Å². The van der Waals surface area contributed by atoms with Crippen LogP contribution in [0.4, 0.5) is 11.4 Å². The highest BCUT2D eigenvalue weighted by Crippen LogP contribution is 2.44. The molecule has 1 atom stereocenters. The summed E-state index contributed by atoms with van der Waals surface area (Å²) in [5.41, 5.74) is 14.3. The normalized spacial score (nSPS) is 20.0. The van der Waals surface area contributed by atoms with Crippen LogP contribution in [-0.4, -0.2) is 11.9 Å². The Balaban J connectivity index is 2.57. The Bertz CT molecular complexity index is 379. The minimum atomic E-state index is 0.205. The molecule has 1 aliphatic heterocycles. The molecule has 76 valence electrons. The van der Waals surface area contributed by atoms with E-state index in [4.69, 9.17) is 16.2 Å². The van der Waals surface area contributed by atoms with Crippen LogP contribution in [-0.2, 0) is 0 Å². The lowest BCUT2D eigenvalue weighted by Crippen LogP contribution is -2.20. The van der Waals surface area contributed by atoms with E-state index in [2.05, 4.69) is 0 Å². The molecule has 1 heterocycles. The molecule has 1 aromatic rings. The van der Waals surface area contributed by atoms with E-state index in [1.807, 2.05) is 19.9 Å². The highest BCUT2D eigenvalue weighted by atomic mass is 32.2. The van der Waals surface area contributed by atoms with Gasteiger partial charge in [-0.25, -0.2) is 0 Å². The molecule has 0 fully saturated rings. The SMILES string of the molecule is Cc1cc(N)c2c(c1N)SCC(C)O2. The van der Waals surface area contributed by atoms with Crippen molar-refractivity contribution in [1.82, 2.24) is 0 Å². The molecule has 14 heavy (non-hydrogen) atoms. The second-order valence-electron chi connectivity index (χ2n) is 3.59. The van der Waals surface area contributed by atoms with Gasteiger partial charge in [0.15, 0.2) is 5.75 Å². The average molecular weight is 210 g/mol. The monoisotopic (exact) mass is 210 g/mol. The fourth-order valence-electron chi connectivity index (χ4n) is 1.51. The minimum absolute atomic E-state index is 0.205. The van der Waals surface area contributed by atoms with Gasteiger partial charge in [0, 0.05) is 5.75 Å². The van der Waals surface area contributed by atoms with E-state index in [-0.39, 0.29) is 6.10 Å². The lowest BCUT2D eigenvalue weighted by Gasteiger charge is -2.25. The second-order valence-corrected chi connectivity index (χ2v) is 4.62. The number of rotatable bonds is 0. The van der Waals surface area contributed by atoms with Crippen LogP contribution < -0.4 is 16.2 Å². The molecular formula is C10H14N2OS. The number of hydrogen-bond donors (Lipinski definition) is 2. The van der Waals surface area contributed by atoms with Gasteiger partial charge in [-0.3, -0.25) is 0 Å². The number of nitrogens with two attached hydrogens (primary N) is 2. The molecule has 0 saturated carbocycles. The molecule has 0 aliphatic carbocycles. The molecule has 2 rings (SSSR count).